The zero-order valence-electron chi connectivity index (χ0n) is 13.8. The Morgan fingerprint density at radius 1 is 1.43 bits per heavy atom. The molecule has 5 atom stereocenters. The highest BCUT2D eigenvalue weighted by molar-refractivity contribution is 5.38. The average Bonchev–Trinajstić information content (AvgIpc) is 2.75. The Balaban J connectivity index is 1.75. The molecule has 0 amide bonds. The fourth-order valence-corrected chi connectivity index (χ4v) is 5.30. The van der Waals surface area contributed by atoms with Gasteiger partial charge >= 0.3 is 0 Å². The minimum Gasteiger partial charge on any atom is -0.493 e. The second kappa shape index (κ2) is 5.80. The lowest BCUT2D eigenvalue weighted by atomic mass is 9.60. The van der Waals surface area contributed by atoms with Gasteiger partial charge in [0.05, 0.1) is 30.9 Å². The summed E-state index contributed by atoms with van der Waals surface area (Å²) in [6.45, 7) is 1.03. The second-order valence-electron chi connectivity index (χ2n) is 7.53. The molecule has 128 valence electrons. The number of hydrogen-bond donors (Lipinski definition) is 2. The molecule has 1 spiro atoms. The van der Waals surface area contributed by atoms with Crippen LogP contribution >= 0.6 is 0 Å². The summed E-state index contributed by atoms with van der Waals surface area (Å²) in [6.07, 6.45) is 9.68. The van der Waals surface area contributed by atoms with Gasteiger partial charge in [-0.1, -0.05) is 6.08 Å². The summed E-state index contributed by atoms with van der Waals surface area (Å²) in [5.41, 5.74) is 1.34. The van der Waals surface area contributed by atoms with E-state index in [1.165, 1.54) is 5.57 Å². The van der Waals surface area contributed by atoms with Crippen LogP contribution in [0.3, 0.4) is 0 Å². The van der Waals surface area contributed by atoms with Crippen molar-refractivity contribution in [1.82, 2.24) is 5.06 Å². The highest BCUT2D eigenvalue weighted by atomic mass is 16.7. The third kappa shape index (κ3) is 2.41. The normalized spacial score (nSPS) is 42.1. The predicted molar refractivity (Wildman–Crippen MR) is 85.0 cm³/mol. The highest BCUT2D eigenvalue weighted by Gasteiger charge is 2.56. The van der Waals surface area contributed by atoms with Crippen LogP contribution in [-0.2, 0) is 9.57 Å². The van der Waals surface area contributed by atoms with Gasteiger partial charge in [-0.2, -0.15) is 0 Å². The maximum Gasteiger partial charge on any atom is 0.111 e. The summed E-state index contributed by atoms with van der Waals surface area (Å²) < 4.78 is 6.34. The van der Waals surface area contributed by atoms with Crippen molar-refractivity contribution >= 4 is 0 Å². The molecule has 0 aromatic carbocycles. The number of ether oxygens (including phenoxy) is 1. The molecule has 23 heavy (non-hydrogen) atoms. The summed E-state index contributed by atoms with van der Waals surface area (Å²) in [4.78, 5) is 5.48. The van der Waals surface area contributed by atoms with E-state index < -0.39 is 0 Å². The maximum atomic E-state index is 10.3. The molecule has 1 saturated carbocycles. The Labute approximate surface area is 137 Å². The van der Waals surface area contributed by atoms with Crippen LogP contribution in [0.2, 0.25) is 0 Å². The second-order valence-corrected chi connectivity index (χ2v) is 7.53. The monoisotopic (exact) mass is 321 g/mol. The maximum absolute atomic E-state index is 10.3. The van der Waals surface area contributed by atoms with Crippen molar-refractivity contribution in [3.05, 3.63) is 23.6 Å². The van der Waals surface area contributed by atoms with Crippen molar-refractivity contribution in [2.24, 2.45) is 17.3 Å². The lowest BCUT2D eigenvalue weighted by Gasteiger charge is -2.42. The van der Waals surface area contributed by atoms with Crippen molar-refractivity contribution in [3.63, 3.8) is 0 Å². The SMILES string of the molecule is CON1C=CC23CC(CCO)CCC2OC2=C3C(C[C@@H](O)C2)C1. The topological polar surface area (TPSA) is 62.2 Å². The van der Waals surface area contributed by atoms with Gasteiger partial charge in [-0.3, -0.25) is 9.90 Å². The van der Waals surface area contributed by atoms with E-state index in [1.807, 2.05) is 5.06 Å². The average molecular weight is 321 g/mol. The Hall–Kier alpha value is -1.04. The molecule has 4 aliphatic rings. The van der Waals surface area contributed by atoms with Crippen LogP contribution < -0.4 is 0 Å². The van der Waals surface area contributed by atoms with Gasteiger partial charge in [-0.25, -0.2) is 0 Å². The smallest absolute Gasteiger partial charge is 0.111 e. The summed E-state index contributed by atoms with van der Waals surface area (Å²) >= 11 is 0. The standard InChI is InChI=1S/C18H27NO4/c1-22-19-6-5-18-10-12(4-7-20)2-3-16(18)23-15-9-14(21)8-13(11-19)17(15)18/h5-6,12-14,16,20-21H,2-4,7-11H2,1H3/t12?,13?,14-,16?,18?/m1/s1. The van der Waals surface area contributed by atoms with E-state index in [9.17, 15) is 10.2 Å². The molecular formula is C18H27NO4. The third-order valence-electron chi connectivity index (χ3n) is 6.22. The fraction of sp³-hybridized carbons (Fsp3) is 0.778. The fourth-order valence-electron chi connectivity index (χ4n) is 5.30. The largest absolute Gasteiger partial charge is 0.493 e. The summed E-state index contributed by atoms with van der Waals surface area (Å²) in [5.74, 6) is 1.85. The molecule has 4 unspecified atom stereocenters. The van der Waals surface area contributed by atoms with Crippen LogP contribution in [0.5, 0.6) is 0 Å². The van der Waals surface area contributed by atoms with Crippen molar-refractivity contribution < 1.29 is 19.8 Å². The van der Waals surface area contributed by atoms with Gasteiger partial charge in [-0.15, -0.1) is 0 Å². The lowest BCUT2D eigenvalue weighted by molar-refractivity contribution is -0.0967. The number of rotatable bonds is 3. The predicted octanol–water partition coefficient (Wildman–Crippen LogP) is 1.97. The van der Waals surface area contributed by atoms with Crippen LogP contribution in [-0.4, -0.2) is 47.7 Å². The van der Waals surface area contributed by atoms with Gasteiger partial charge in [0.1, 0.15) is 6.10 Å². The van der Waals surface area contributed by atoms with E-state index in [0.29, 0.717) is 12.3 Å². The van der Waals surface area contributed by atoms with Crippen LogP contribution in [0.15, 0.2) is 23.6 Å². The molecule has 0 radical (unpaired) electrons. The Kier molecular flexibility index (Phi) is 3.90. The number of nitrogens with zero attached hydrogens (tertiary/aromatic N) is 1. The van der Waals surface area contributed by atoms with Gasteiger partial charge in [-0.05, 0) is 43.6 Å². The molecule has 5 nitrogen and oxygen atoms in total. The molecule has 5 heteroatoms. The Morgan fingerprint density at radius 3 is 3.09 bits per heavy atom. The molecule has 0 saturated heterocycles. The molecule has 4 rings (SSSR count). The molecule has 0 aromatic rings. The first-order valence-electron chi connectivity index (χ1n) is 8.85. The van der Waals surface area contributed by atoms with Crippen molar-refractivity contribution in [2.45, 2.75) is 50.7 Å². The first-order chi connectivity index (χ1) is 11.2. The zero-order valence-corrected chi connectivity index (χ0v) is 13.8. The van der Waals surface area contributed by atoms with Crippen molar-refractivity contribution in [2.75, 3.05) is 20.3 Å². The van der Waals surface area contributed by atoms with E-state index in [2.05, 4.69) is 12.3 Å². The summed E-state index contributed by atoms with van der Waals surface area (Å²) in [6, 6.07) is 0. The van der Waals surface area contributed by atoms with Crippen LogP contribution in [0.4, 0.5) is 0 Å². The van der Waals surface area contributed by atoms with E-state index in [4.69, 9.17) is 9.57 Å². The molecular weight excluding hydrogens is 294 g/mol. The van der Waals surface area contributed by atoms with Gasteiger partial charge in [0.25, 0.3) is 0 Å². The van der Waals surface area contributed by atoms with Crippen LogP contribution in [0, 0.1) is 17.3 Å². The number of hydroxylamine groups is 2. The molecule has 1 fully saturated rings. The number of hydrogen-bond acceptors (Lipinski definition) is 5. The molecule has 0 aromatic heterocycles. The quantitative estimate of drug-likeness (QED) is 0.832. The van der Waals surface area contributed by atoms with Gasteiger partial charge in [0, 0.05) is 25.1 Å². The van der Waals surface area contributed by atoms with Gasteiger partial charge < -0.3 is 14.9 Å². The summed E-state index contributed by atoms with van der Waals surface area (Å²) in [5, 5.41) is 21.5. The van der Waals surface area contributed by atoms with Crippen molar-refractivity contribution in [3.8, 4) is 0 Å². The van der Waals surface area contributed by atoms with Gasteiger partial charge in [0.15, 0.2) is 0 Å². The minimum absolute atomic E-state index is 0.0640. The number of aliphatic hydroxyl groups is 2. The lowest BCUT2D eigenvalue weighted by Crippen LogP contribution is -2.41. The summed E-state index contributed by atoms with van der Waals surface area (Å²) in [7, 11) is 1.70. The highest BCUT2D eigenvalue weighted by Crippen LogP contribution is 2.59. The van der Waals surface area contributed by atoms with Crippen LogP contribution in [0.25, 0.3) is 0 Å². The van der Waals surface area contributed by atoms with Crippen molar-refractivity contribution in [1.29, 1.82) is 0 Å². The molecule has 2 heterocycles. The minimum atomic E-state index is -0.319. The molecule has 2 aliphatic heterocycles. The molecule has 0 bridgehead atoms. The Bertz CT molecular complexity index is 531. The van der Waals surface area contributed by atoms with E-state index >= 15 is 0 Å². The Morgan fingerprint density at radius 2 is 2.30 bits per heavy atom. The number of aliphatic hydroxyl groups excluding tert-OH is 2. The van der Waals surface area contributed by atoms with Gasteiger partial charge in [0.2, 0.25) is 0 Å². The third-order valence-corrected chi connectivity index (χ3v) is 6.22. The first-order valence-corrected chi connectivity index (χ1v) is 8.85. The molecule has 2 N–H and O–H groups in total. The van der Waals surface area contributed by atoms with E-state index in [1.54, 1.807) is 7.11 Å². The van der Waals surface area contributed by atoms with E-state index in [0.717, 1.165) is 44.4 Å². The van der Waals surface area contributed by atoms with E-state index in [-0.39, 0.29) is 30.1 Å². The first kappa shape index (κ1) is 15.5. The zero-order chi connectivity index (χ0) is 16.0. The molecule has 2 aliphatic carbocycles. The van der Waals surface area contributed by atoms with Crippen LogP contribution in [0.1, 0.15) is 38.5 Å².